The molecule has 0 N–H and O–H groups in total. The molecule has 1 atom stereocenters. The summed E-state index contributed by atoms with van der Waals surface area (Å²) in [5, 5.41) is 6.31. The number of hydrogen-bond donors (Lipinski definition) is 0. The van der Waals surface area contributed by atoms with Gasteiger partial charge in [-0.2, -0.15) is 5.10 Å². The van der Waals surface area contributed by atoms with Gasteiger partial charge in [0.25, 0.3) is 5.91 Å². The molecule has 0 radical (unpaired) electrons. The summed E-state index contributed by atoms with van der Waals surface area (Å²) in [5.41, 5.74) is 3.29. The Morgan fingerprint density at radius 2 is 1.58 bits per heavy atom. The molecule has 0 aliphatic carbocycles. The third-order valence-electron chi connectivity index (χ3n) is 5.36. The maximum Gasteiger partial charge on any atom is 0.274 e. The molecule has 6 heteroatoms. The number of ether oxygens (including phenoxy) is 3. The van der Waals surface area contributed by atoms with Gasteiger partial charge >= 0.3 is 0 Å². The Morgan fingerprint density at radius 3 is 2.23 bits per heavy atom. The molecule has 1 amide bonds. The van der Waals surface area contributed by atoms with Crippen molar-refractivity contribution >= 4 is 11.6 Å². The number of rotatable bonds is 6. The van der Waals surface area contributed by atoms with E-state index >= 15 is 0 Å². The highest BCUT2D eigenvalue weighted by Crippen LogP contribution is 2.36. The van der Waals surface area contributed by atoms with E-state index in [1.54, 1.807) is 38.5 Å². The van der Waals surface area contributed by atoms with E-state index < -0.39 is 0 Å². The first kappa shape index (κ1) is 20.5. The summed E-state index contributed by atoms with van der Waals surface area (Å²) >= 11 is 0. The number of hydrogen-bond acceptors (Lipinski definition) is 5. The molecule has 0 saturated carbocycles. The van der Waals surface area contributed by atoms with Gasteiger partial charge in [0.05, 0.1) is 33.1 Å². The molecule has 0 saturated heterocycles. The number of amides is 1. The number of nitrogens with zero attached hydrogens (tertiary/aromatic N) is 2. The zero-order chi connectivity index (χ0) is 21.8. The Morgan fingerprint density at radius 1 is 0.871 bits per heavy atom. The molecule has 31 heavy (non-hydrogen) atoms. The molecule has 4 rings (SSSR count). The fourth-order valence-electron chi connectivity index (χ4n) is 3.69. The van der Waals surface area contributed by atoms with Crippen LogP contribution in [0.3, 0.4) is 0 Å². The van der Waals surface area contributed by atoms with Crippen LogP contribution in [0.2, 0.25) is 0 Å². The highest BCUT2D eigenvalue weighted by Gasteiger charge is 2.34. The molecule has 1 aliphatic rings. The number of carbonyl (C=O) groups excluding carboxylic acids is 1. The lowest BCUT2D eigenvalue weighted by Crippen LogP contribution is -2.27. The molecule has 0 aromatic heterocycles. The average molecular weight is 416 g/mol. The summed E-state index contributed by atoms with van der Waals surface area (Å²) in [5.74, 6) is 1.89. The standard InChI is InChI=1S/C25H24N2O4/c1-29-20-12-9-17(10-13-20)22-16-21(19-11-14-23(30-2)24(15-19)31-3)26-27(22)25(28)18-7-5-4-6-8-18/h4-15,22H,16H2,1-3H3. The van der Waals surface area contributed by atoms with Crippen molar-refractivity contribution in [3.05, 3.63) is 89.5 Å². The van der Waals surface area contributed by atoms with E-state index in [0.29, 0.717) is 23.5 Å². The van der Waals surface area contributed by atoms with Crippen LogP contribution in [0.15, 0.2) is 77.9 Å². The van der Waals surface area contributed by atoms with Gasteiger partial charge in [-0.05, 0) is 48.0 Å². The lowest BCUT2D eigenvalue weighted by Gasteiger charge is -2.22. The SMILES string of the molecule is COc1ccc(C2CC(c3ccc(OC)c(OC)c3)=NN2C(=O)c2ccccc2)cc1. The molecule has 0 bridgehead atoms. The summed E-state index contributed by atoms with van der Waals surface area (Å²) in [6.45, 7) is 0. The van der Waals surface area contributed by atoms with Crippen LogP contribution in [0.4, 0.5) is 0 Å². The van der Waals surface area contributed by atoms with Crippen LogP contribution in [0.25, 0.3) is 0 Å². The van der Waals surface area contributed by atoms with Crippen molar-refractivity contribution in [1.29, 1.82) is 0 Å². The predicted octanol–water partition coefficient (Wildman–Crippen LogP) is 4.70. The number of hydrazone groups is 1. The van der Waals surface area contributed by atoms with E-state index in [4.69, 9.17) is 19.3 Å². The number of methoxy groups -OCH3 is 3. The van der Waals surface area contributed by atoms with Gasteiger partial charge in [-0.1, -0.05) is 30.3 Å². The van der Waals surface area contributed by atoms with Crippen LogP contribution in [0, 0.1) is 0 Å². The fraction of sp³-hybridized carbons (Fsp3) is 0.200. The van der Waals surface area contributed by atoms with Crippen molar-refractivity contribution in [3.8, 4) is 17.2 Å². The van der Waals surface area contributed by atoms with E-state index in [1.165, 1.54) is 0 Å². The second-order valence-corrected chi connectivity index (χ2v) is 7.13. The molecule has 1 aliphatic heterocycles. The van der Waals surface area contributed by atoms with Crippen molar-refractivity contribution < 1.29 is 19.0 Å². The lowest BCUT2D eigenvalue weighted by molar-refractivity contribution is 0.0711. The summed E-state index contributed by atoms with van der Waals surface area (Å²) < 4.78 is 16.1. The second-order valence-electron chi connectivity index (χ2n) is 7.13. The van der Waals surface area contributed by atoms with Gasteiger partial charge < -0.3 is 14.2 Å². The molecule has 3 aromatic carbocycles. The third kappa shape index (κ3) is 4.10. The van der Waals surface area contributed by atoms with Crippen LogP contribution in [0.1, 0.15) is 33.9 Å². The summed E-state index contributed by atoms with van der Waals surface area (Å²) in [4.78, 5) is 13.3. The van der Waals surface area contributed by atoms with Gasteiger partial charge in [0, 0.05) is 17.5 Å². The van der Waals surface area contributed by atoms with E-state index in [9.17, 15) is 4.79 Å². The quantitative estimate of drug-likeness (QED) is 0.584. The van der Waals surface area contributed by atoms with Gasteiger partial charge in [-0.15, -0.1) is 0 Å². The Kier molecular flexibility index (Phi) is 5.89. The molecular weight excluding hydrogens is 392 g/mol. The van der Waals surface area contributed by atoms with E-state index in [0.717, 1.165) is 22.6 Å². The molecule has 1 heterocycles. The van der Waals surface area contributed by atoms with Gasteiger partial charge in [0.2, 0.25) is 0 Å². The molecule has 1 unspecified atom stereocenters. The first-order valence-electron chi connectivity index (χ1n) is 9.97. The van der Waals surface area contributed by atoms with Gasteiger partial charge in [0.1, 0.15) is 5.75 Å². The summed E-state index contributed by atoms with van der Waals surface area (Å²) in [7, 11) is 4.84. The molecule has 6 nitrogen and oxygen atoms in total. The topological polar surface area (TPSA) is 60.4 Å². The summed E-state index contributed by atoms with van der Waals surface area (Å²) in [6, 6.07) is 22.4. The first-order chi connectivity index (χ1) is 15.1. The van der Waals surface area contributed by atoms with Gasteiger partial charge in [0.15, 0.2) is 11.5 Å². The predicted molar refractivity (Wildman–Crippen MR) is 119 cm³/mol. The van der Waals surface area contributed by atoms with E-state index in [1.807, 2.05) is 60.7 Å². The Bertz CT molecular complexity index is 1090. The van der Waals surface area contributed by atoms with Gasteiger partial charge in [-0.25, -0.2) is 5.01 Å². The molecular formula is C25H24N2O4. The van der Waals surface area contributed by atoms with Crippen molar-refractivity contribution in [2.45, 2.75) is 12.5 Å². The summed E-state index contributed by atoms with van der Waals surface area (Å²) in [6.07, 6.45) is 0.584. The Balaban J connectivity index is 1.72. The lowest BCUT2D eigenvalue weighted by atomic mass is 9.97. The minimum absolute atomic E-state index is 0.142. The zero-order valence-electron chi connectivity index (χ0n) is 17.7. The van der Waals surface area contributed by atoms with Crippen LogP contribution in [0.5, 0.6) is 17.2 Å². The van der Waals surface area contributed by atoms with Crippen LogP contribution in [-0.4, -0.2) is 38.0 Å². The zero-order valence-corrected chi connectivity index (χ0v) is 17.7. The first-order valence-corrected chi connectivity index (χ1v) is 9.97. The Labute approximate surface area is 181 Å². The second kappa shape index (κ2) is 8.92. The maximum absolute atomic E-state index is 13.3. The Hall–Kier alpha value is -3.80. The largest absolute Gasteiger partial charge is 0.497 e. The number of benzene rings is 3. The van der Waals surface area contributed by atoms with Crippen LogP contribution < -0.4 is 14.2 Å². The highest BCUT2D eigenvalue weighted by atomic mass is 16.5. The van der Waals surface area contributed by atoms with Crippen molar-refractivity contribution in [2.24, 2.45) is 5.10 Å². The molecule has 0 spiro atoms. The van der Waals surface area contributed by atoms with Crippen LogP contribution >= 0.6 is 0 Å². The van der Waals surface area contributed by atoms with Crippen LogP contribution in [-0.2, 0) is 0 Å². The normalized spacial score (nSPS) is 15.4. The van der Waals surface area contributed by atoms with E-state index in [2.05, 4.69) is 0 Å². The molecule has 158 valence electrons. The fourth-order valence-corrected chi connectivity index (χ4v) is 3.69. The van der Waals surface area contributed by atoms with Crippen molar-refractivity contribution in [2.75, 3.05) is 21.3 Å². The van der Waals surface area contributed by atoms with Gasteiger partial charge in [-0.3, -0.25) is 4.79 Å². The smallest absolute Gasteiger partial charge is 0.274 e. The molecule has 3 aromatic rings. The monoisotopic (exact) mass is 416 g/mol. The third-order valence-corrected chi connectivity index (χ3v) is 5.36. The van der Waals surface area contributed by atoms with Crippen molar-refractivity contribution in [3.63, 3.8) is 0 Å². The minimum atomic E-state index is -0.221. The van der Waals surface area contributed by atoms with Crippen molar-refractivity contribution in [1.82, 2.24) is 5.01 Å². The molecule has 0 fully saturated rings. The minimum Gasteiger partial charge on any atom is -0.497 e. The number of carbonyl (C=O) groups is 1. The average Bonchev–Trinajstić information content (AvgIpc) is 3.29. The highest BCUT2D eigenvalue weighted by molar-refractivity contribution is 6.05. The maximum atomic E-state index is 13.3. The van der Waals surface area contributed by atoms with E-state index in [-0.39, 0.29) is 11.9 Å².